The molecular weight excluding hydrogens is 288 g/mol. The number of nitrogens with one attached hydrogen (secondary N) is 1. The van der Waals surface area contributed by atoms with Crippen molar-refractivity contribution in [3.05, 3.63) is 48.5 Å². The number of hydrogen-bond donors (Lipinski definition) is 1. The molecule has 0 unspecified atom stereocenters. The quantitative estimate of drug-likeness (QED) is 0.911. The molecule has 1 aliphatic rings. The summed E-state index contributed by atoms with van der Waals surface area (Å²) in [5.41, 5.74) is 2.31. The van der Waals surface area contributed by atoms with Crippen LogP contribution in [0.15, 0.2) is 48.5 Å². The van der Waals surface area contributed by atoms with E-state index in [0.29, 0.717) is 6.04 Å². The molecule has 0 bridgehead atoms. The molecule has 3 rings (SSSR count). The lowest BCUT2D eigenvalue weighted by atomic mass is 10.0. The fourth-order valence-electron chi connectivity index (χ4n) is 3.13. The van der Waals surface area contributed by atoms with Crippen LogP contribution >= 0.6 is 0 Å². The molecule has 0 amide bonds. The average Bonchev–Trinajstić information content (AvgIpc) is 2.62. The van der Waals surface area contributed by atoms with E-state index < -0.39 is 0 Å². The van der Waals surface area contributed by atoms with Crippen molar-refractivity contribution in [2.24, 2.45) is 0 Å². The van der Waals surface area contributed by atoms with E-state index >= 15 is 0 Å². The van der Waals surface area contributed by atoms with Gasteiger partial charge in [0.05, 0.1) is 19.9 Å². The molecule has 2 aromatic rings. The largest absolute Gasteiger partial charge is 0.497 e. The second-order valence-electron chi connectivity index (χ2n) is 5.83. The summed E-state index contributed by atoms with van der Waals surface area (Å²) in [4.78, 5) is 2.41. The highest BCUT2D eigenvalue weighted by atomic mass is 16.5. The third kappa shape index (κ3) is 3.70. The summed E-state index contributed by atoms with van der Waals surface area (Å²) in [6.07, 6.45) is 2.35. The number of hydrogen-bond acceptors (Lipinski definition) is 4. The molecule has 1 heterocycles. The molecule has 2 aromatic carbocycles. The number of anilines is 2. The predicted molar refractivity (Wildman–Crippen MR) is 94.8 cm³/mol. The maximum Gasteiger partial charge on any atom is 0.142 e. The fourth-order valence-corrected chi connectivity index (χ4v) is 3.13. The summed E-state index contributed by atoms with van der Waals surface area (Å²) in [6, 6.07) is 16.8. The van der Waals surface area contributed by atoms with Crippen molar-refractivity contribution < 1.29 is 9.47 Å². The molecule has 1 aliphatic heterocycles. The molecule has 1 atom stereocenters. The number of para-hydroxylation sites is 2. The maximum atomic E-state index is 5.50. The van der Waals surface area contributed by atoms with Gasteiger partial charge in [0.2, 0.25) is 0 Å². The maximum absolute atomic E-state index is 5.50. The zero-order valence-corrected chi connectivity index (χ0v) is 13.8. The minimum atomic E-state index is 0.432. The number of benzene rings is 2. The normalized spacial score (nSPS) is 17.7. The molecule has 0 aromatic heterocycles. The van der Waals surface area contributed by atoms with Gasteiger partial charge in [-0.2, -0.15) is 0 Å². The van der Waals surface area contributed by atoms with E-state index in [9.17, 15) is 0 Å². The van der Waals surface area contributed by atoms with Gasteiger partial charge in [0.15, 0.2) is 0 Å². The predicted octanol–water partition coefficient (Wildman–Crippen LogP) is 3.78. The topological polar surface area (TPSA) is 33.7 Å². The minimum absolute atomic E-state index is 0.432. The highest BCUT2D eigenvalue weighted by Crippen LogP contribution is 2.30. The molecule has 1 N–H and O–H groups in total. The number of piperidine rings is 1. The summed E-state index contributed by atoms with van der Waals surface area (Å²) < 4.78 is 10.7. The molecule has 122 valence electrons. The standard InChI is InChI=1S/C19H24N2O2/c1-22-17-11-9-15(10-12-17)20-16-6-5-13-21(14-16)18-7-3-4-8-19(18)23-2/h3-4,7-12,16,20H,5-6,13-14H2,1-2H3/t16-/m1/s1. The van der Waals surface area contributed by atoms with Crippen molar-refractivity contribution in [2.45, 2.75) is 18.9 Å². The van der Waals surface area contributed by atoms with Crippen molar-refractivity contribution in [1.82, 2.24) is 0 Å². The number of rotatable bonds is 5. The van der Waals surface area contributed by atoms with Crippen LogP contribution < -0.4 is 19.7 Å². The molecule has 0 radical (unpaired) electrons. The van der Waals surface area contributed by atoms with E-state index in [1.165, 1.54) is 18.5 Å². The third-order valence-corrected chi connectivity index (χ3v) is 4.31. The average molecular weight is 312 g/mol. The Morgan fingerprint density at radius 1 is 1.00 bits per heavy atom. The van der Waals surface area contributed by atoms with Gasteiger partial charge in [-0.15, -0.1) is 0 Å². The monoisotopic (exact) mass is 312 g/mol. The first-order valence-corrected chi connectivity index (χ1v) is 8.08. The lowest BCUT2D eigenvalue weighted by Crippen LogP contribution is -2.42. The molecule has 1 fully saturated rings. The Hall–Kier alpha value is -2.36. The van der Waals surface area contributed by atoms with E-state index in [1.54, 1.807) is 14.2 Å². The molecule has 1 saturated heterocycles. The summed E-state index contributed by atoms with van der Waals surface area (Å²) >= 11 is 0. The Labute approximate surface area is 138 Å². The SMILES string of the molecule is COc1ccc(N[C@@H]2CCCN(c3ccccc3OC)C2)cc1. The van der Waals surface area contributed by atoms with E-state index in [1.807, 2.05) is 24.3 Å². The van der Waals surface area contributed by atoms with Crippen molar-refractivity contribution >= 4 is 11.4 Å². The highest BCUT2D eigenvalue weighted by Gasteiger charge is 2.21. The molecule has 23 heavy (non-hydrogen) atoms. The summed E-state index contributed by atoms with van der Waals surface area (Å²) in [5.74, 6) is 1.83. The summed E-state index contributed by atoms with van der Waals surface area (Å²) in [7, 11) is 3.42. The van der Waals surface area contributed by atoms with Crippen molar-refractivity contribution in [2.75, 3.05) is 37.5 Å². The van der Waals surface area contributed by atoms with E-state index in [2.05, 4.69) is 34.5 Å². The first-order chi connectivity index (χ1) is 11.3. The molecule has 0 aliphatic carbocycles. The van der Waals surface area contributed by atoms with Gasteiger partial charge in [-0.25, -0.2) is 0 Å². The van der Waals surface area contributed by atoms with Gasteiger partial charge in [-0.05, 0) is 49.2 Å². The van der Waals surface area contributed by atoms with E-state index in [4.69, 9.17) is 9.47 Å². The molecular formula is C19H24N2O2. The van der Waals surface area contributed by atoms with Crippen LogP contribution in [-0.4, -0.2) is 33.4 Å². The van der Waals surface area contributed by atoms with Crippen LogP contribution in [0.2, 0.25) is 0 Å². The minimum Gasteiger partial charge on any atom is -0.497 e. The second kappa shape index (κ2) is 7.27. The Morgan fingerprint density at radius 2 is 1.78 bits per heavy atom. The van der Waals surface area contributed by atoms with Crippen LogP contribution in [0.1, 0.15) is 12.8 Å². The van der Waals surface area contributed by atoms with Crippen molar-refractivity contribution in [1.29, 1.82) is 0 Å². The van der Waals surface area contributed by atoms with Gasteiger partial charge in [-0.3, -0.25) is 0 Å². The second-order valence-corrected chi connectivity index (χ2v) is 5.83. The van der Waals surface area contributed by atoms with Gasteiger partial charge < -0.3 is 19.7 Å². The molecule has 0 spiro atoms. The van der Waals surface area contributed by atoms with Gasteiger partial charge >= 0.3 is 0 Å². The lowest BCUT2D eigenvalue weighted by Gasteiger charge is -2.35. The van der Waals surface area contributed by atoms with Gasteiger partial charge in [0, 0.05) is 24.8 Å². The first-order valence-electron chi connectivity index (χ1n) is 8.08. The third-order valence-electron chi connectivity index (χ3n) is 4.31. The van der Waals surface area contributed by atoms with Crippen LogP contribution in [0.4, 0.5) is 11.4 Å². The Morgan fingerprint density at radius 3 is 2.52 bits per heavy atom. The number of nitrogens with zero attached hydrogens (tertiary/aromatic N) is 1. The molecule has 4 nitrogen and oxygen atoms in total. The van der Waals surface area contributed by atoms with Crippen LogP contribution in [0.3, 0.4) is 0 Å². The number of ether oxygens (including phenoxy) is 2. The zero-order chi connectivity index (χ0) is 16.1. The van der Waals surface area contributed by atoms with Crippen LogP contribution in [0, 0.1) is 0 Å². The first kappa shape index (κ1) is 15.5. The highest BCUT2D eigenvalue weighted by molar-refractivity contribution is 5.59. The molecule has 0 saturated carbocycles. The Balaban J connectivity index is 1.68. The van der Waals surface area contributed by atoms with Crippen LogP contribution in [0.25, 0.3) is 0 Å². The molecule has 4 heteroatoms. The lowest BCUT2D eigenvalue weighted by molar-refractivity contribution is 0.411. The fraction of sp³-hybridized carbons (Fsp3) is 0.368. The Kier molecular flexibility index (Phi) is 4.91. The summed E-state index contributed by atoms with van der Waals surface area (Å²) in [6.45, 7) is 2.05. The van der Waals surface area contributed by atoms with Gasteiger partial charge in [0.25, 0.3) is 0 Å². The van der Waals surface area contributed by atoms with E-state index in [-0.39, 0.29) is 0 Å². The number of methoxy groups -OCH3 is 2. The van der Waals surface area contributed by atoms with Crippen LogP contribution in [0.5, 0.6) is 11.5 Å². The summed E-state index contributed by atoms with van der Waals surface area (Å²) in [5, 5.41) is 3.63. The van der Waals surface area contributed by atoms with Crippen LogP contribution in [-0.2, 0) is 0 Å². The smallest absolute Gasteiger partial charge is 0.142 e. The van der Waals surface area contributed by atoms with Crippen molar-refractivity contribution in [3.8, 4) is 11.5 Å². The van der Waals surface area contributed by atoms with Gasteiger partial charge in [-0.1, -0.05) is 12.1 Å². The Bertz CT molecular complexity index is 628. The van der Waals surface area contributed by atoms with Gasteiger partial charge in [0.1, 0.15) is 11.5 Å². The zero-order valence-electron chi connectivity index (χ0n) is 13.8. The van der Waals surface area contributed by atoms with E-state index in [0.717, 1.165) is 30.3 Å². The van der Waals surface area contributed by atoms with Crippen molar-refractivity contribution in [3.63, 3.8) is 0 Å².